The van der Waals surface area contributed by atoms with Crippen molar-refractivity contribution in [2.75, 3.05) is 4.72 Å². The van der Waals surface area contributed by atoms with Gasteiger partial charge < -0.3 is 0 Å². The molecule has 0 spiro atoms. The number of nitrogens with zero attached hydrogens (tertiary/aromatic N) is 3. The van der Waals surface area contributed by atoms with E-state index in [1.54, 1.807) is 32.2 Å². The summed E-state index contributed by atoms with van der Waals surface area (Å²) in [4.78, 5) is 4.19. The lowest BCUT2D eigenvalue weighted by molar-refractivity contribution is 0.600. The zero-order valence-corrected chi connectivity index (χ0v) is 11.6. The smallest absolute Gasteiger partial charge is 0.266 e. The summed E-state index contributed by atoms with van der Waals surface area (Å²) in [7, 11) is -3.75. The summed E-state index contributed by atoms with van der Waals surface area (Å²) in [5.74, 6) is 0.216. The van der Waals surface area contributed by atoms with Gasteiger partial charge in [-0.15, -0.1) is 0 Å². The first-order valence-corrected chi connectivity index (χ1v) is 7.31. The topological polar surface area (TPSA) is 116 Å². The van der Waals surface area contributed by atoms with Gasteiger partial charge in [-0.1, -0.05) is 0 Å². The van der Waals surface area contributed by atoms with Crippen LogP contribution in [0.4, 0.5) is 5.82 Å². The summed E-state index contributed by atoms with van der Waals surface area (Å²) < 4.78 is 27.3. The summed E-state index contributed by atoms with van der Waals surface area (Å²) in [5, 5.41) is 13.8. The highest BCUT2D eigenvalue weighted by Crippen LogP contribution is 2.23. The molecule has 3 aromatic heterocycles. The second kappa shape index (κ2) is 4.30. The van der Waals surface area contributed by atoms with Crippen LogP contribution in [0, 0.1) is 13.8 Å². The number of fused-ring (bicyclic) bond motifs is 1. The highest BCUT2D eigenvalue weighted by Gasteiger charge is 2.24. The molecular weight excluding hydrogens is 280 g/mol. The predicted molar refractivity (Wildman–Crippen MR) is 72.8 cm³/mol. The van der Waals surface area contributed by atoms with Crippen LogP contribution in [-0.2, 0) is 10.0 Å². The number of aryl methyl sites for hydroxylation is 2. The number of aromatic nitrogens is 5. The first-order valence-electron chi connectivity index (χ1n) is 5.82. The quantitative estimate of drug-likeness (QED) is 0.668. The Morgan fingerprint density at radius 3 is 2.70 bits per heavy atom. The first-order chi connectivity index (χ1) is 9.49. The number of pyridine rings is 1. The Morgan fingerprint density at radius 1 is 1.20 bits per heavy atom. The van der Waals surface area contributed by atoms with Gasteiger partial charge in [0.1, 0.15) is 4.90 Å². The molecule has 3 heterocycles. The summed E-state index contributed by atoms with van der Waals surface area (Å²) >= 11 is 0. The highest BCUT2D eigenvalue weighted by atomic mass is 32.2. The second-order valence-electron chi connectivity index (χ2n) is 4.34. The minimum atomic E-state index is -3.75. The monoisotopic (exact) mass is 292 g/mol. The van der Waals surface area contributed by atoms with Crippen LogP contribution in [0.5, 0.6) is 0 Å². The zero-order valence-electron chi connectivity index (χ0n) is 10.8. The number of nitrogens with one attached hydrogen (secondary N) is 3. The van der Waals surface area contributed by atoms with Gasteiger partial charge in [-0.3, -0.25) is 14.9 Å². The molecule has 0 radical (unpaired) electrons. The number of hydrogen-bond donors (Lipinski definition) is 3. The number of hydrogen-bond acceptors (Lipinski definition) is 5. The van der Waals surface area contributed by atoms with Crippen LogP contribution in [0.3, 0.4) is 0 Å². The third-order valence-corrected chi connectivity index (χ3v) is 4.50. The van der Waals surface area contributed by atoms with Gasteiger partial charge in [0.2, 0.25) is 0 Å². The number of rotatable bonds is 3. The second-order valence-corrected chi connectivity index (χ2v) is 5.96. The lowest BCUT2D eigenvalue weighted by Crippen LogP contribution is -2.15. The molecule has 9 heteroatoms. The van der Waals surface area contributed by atoms with Crippen LogP contribution < -0.4 is 4.72 Å². The number of aromatic amines is 2. The van der Waals surface area contributed by atoms with Gasteiger partial charge in [-0.2, -0.15) is 10.2 Å². The van der Waals surface area contributed by atoms with Crippen molar-refractivity contribution in [3.05, 3.63) is 29.7 Å². The van der Waals surface area contributed by atoms with E-state index >= 15 is 0 Å². The largest absolute Gasteiger partial charge is 0.281 e. The van der Waals surface area contributed by atoms with Crippen molar-refractivity contribution < 1.29 is 8.42 Å². The fourth-order valence-corrected chi connectivity index (χ4v) is 3.44. The number of sulfonamides is 1. The van der Waals surface area contributed by atoms with E-state index in [2.05, 4.69) is 30.1 Å². The molecule has 0 saturated carbocycles. The van der Waals surface area contributed by atoms with E-state index in [1.807, 2.05) is 0 Å². The molecule has 20 heavy (non-hydrogen) atoms. The van der Waals surface area contributed by atoms with E-state index in [0.29, 0.717) is 22.4 Å². The van der Waals surface area contributed by atoms with Crippen molar-refractivity contribution in [3.63, 3.8) is 0 Å². The molecule has 0 bridgehead atoms. The molecule has 3 aromatic rings. The van der Waals surface area contributed by atoms with E-state index in [1.165, 1.54) is 0 Å². The molecule has 0 unspecified atom stereocenters. The van der Waals surface area contributed by atoms with Gasteiger partial charge in [-0.25, -0.2) is 13.4 Å². The van der Waals surface area contributed by atoms with Crippen LogP contribution in [0.15, 0.2) is 23.2 Å². The molecule has 104 valence electrons. The van der Waals surface area contributed by atoms with Crippen molar-refractivity contribution in [2.45, 2.75) is 18.7 Å². The molecule has 0 aliphatic heterocycles. The molecule has 3 N–H and O–H groups in total. The predicted octanol–water partition coefficient (Wildman–Crippen LogP) is 1.10. The maximum atomic E-state index is 12.4. The van der Waals surface area contributed by atoms with Crippen molar-refractivity contribution in [3.8, 4) is 0 Å². The fourth-order valence-electron chi connectivity index (χ4n) is 2.05. The van der Waals surface area contributed by atoms with E-state index in [9.17, 15) is 8.42 Å². The van der Waals surface area contributed by atoms with Crippen molar-refractivity contribution >= 4 is 26.9 Å². The normalized spacial score (nSPS) is 11.9. The number of H-pyrrole nitrogens is 2. The van der Waals surface area contributed by atoms with Crippen LogP contribution in [-0.4, -0.2) is 33.8 Å². The van der Waals surface area contributed by atoms with Crippen LogP contribution >= 0.6 is 0 Å². The molecule has 0 saturated heterocycles. The summed E-state index contributed by atoms with van der Waals surface area (Å²) in [6, 6.07) is 3.45. The SMILES string of the molecule is Cc1n[nH]c(C)c1S(=O)(=O)Nc1n[nH]c2ncccc12. The van der Waals surface area contributed by atoms with Gasteiger partial charge in [0, 0.05) is 6.20 Å². The van der Waals surface area contributed by atoms with E-state index in [0.717, 1.165) is 0 Å². The minimum absolute atomic E-state index is 0.137. The fraction of sp³-hybridized carbons (Fsp3) is 0.182. The average Bonchev–Trinajstić information content (AvgIpc) is 2.94. The zero-order chi connectivity index (χ0) is 14.3. The highest BCUT2D eigenvalue weighted by molar-refractivity contribution is 7.92. The number of anilines is 1. The average molecular weight is 292 g/mol. The Bertz CT molecular complexity index is 860. The van der Waals surface area contributed by atoms with Crippen LogP contribution in [0.1, 0.15) is 11.4 Å². The Kier molecular flexibility index (Phi) is 2.71. The van der Waals surface area contributed by atoms with Crippen molar-refractivity contribution in [1.29, 1.82) is 0 Å². The molecule has 0 amide bonds. The summed E-state index contributed by atoms with van der Waals surface area (Å²) in [5.41, 5.74) is 1.41. The molecule has 0 aliphatic rings. The van der Waals surface area contributed by atoms with Crippen molar-refractivity contribution in [2.24, 2.45) is 0 Å². The Labute approximate surface area is 114 Å². The molecular formula is C11H12N6O2S. The molecule has 8 nitrogen and oxygen atoms in total. The van der Waals surface area contributed by atoms with Gasteiger partial charge in [-0.05, 0) is 26.0 Å². The van der Waals surface area contributed by atoms with Gasteiger partial charge in [0.15, 0.2) is 11.5 Å². The van der Waals surface area contributed by atoms with Gasteiger partial charge in [0.05, 0.1) is 16.8 Å². The van der Waals surface area contributed by atoms with Crippen LogP contribution in [0.2, 0.25) is 0 Å². The Morgan fingerprint density at radius 2 is 2.00 bits per heavy atom. The van der Waals surface area contributed by atoms with Crippen molar-refractivity contribution in [1.82, 2.24) is 25.4 Å². The third-order valence-electron chi connectivity index (χ3n) is 2.90. The standard InChI is InChI=1S/C11H12N6O2S/c1-6-9(7(2)14-13-6)20(18,19)17-11-8-4-3-5-12-10(8)15-16-11/h3-5H,1-2H3,(H,13,14)(H2,12,15,16,17). The molecule has 0 aliphatic carbocycles. The van der Waals surface area contributed by atoms with E-state index in [4.69, 9.17) is 0 Å². The summed E-state index contributed by atoms with van der Waals surface area (Å²) in [6.07, 6.45) is 1.60. The van der Waals surface area contributed by atoms with Gasteiger partial charge >= 0.3 is 0 Å². The molecule has 3 rings (SSSR count). The minimum Gasteiger partial charge on any atom is -0.281 e. The maximum Gasteiger partial charge on any atom is 0.266 e. The Hall–Kier alpha value is -2.42. The van der Waals surface area contributed by atoms with Crippen LogP contribution in [0.25, 0.3) is 11.0 Å². The summed E-state index contributed by atoms with van der Waals surface area (Å²) in [6.45, 7) is 3.28. The molecule has 0 fully saturated rings. The van der Waals surface area contributed by atoms with Gasteiger partial charge in [0.25, 0.3) is 10.0 Å². The Balaban J connectivity index is 2.06. The third kappa shape index (κ3) is 1.92. The lowest BCUT2D eigenvalue weighted by atomic mass is 10.3. The maximum absolute atomic E-state index is 12.4. The molecule has 0 atom stereocenters. The lowest BCUT2D eigenvalue weighted by Gasteiger charge is -2.05. The van der Waals surface area contributed by atoms with E-state index in [-0.39, 0.29) is 10.7 Å². The molecule has 0 aromatic carbocycles. The first kappa shape index (κ1) is 12.6. The van der Waals surface area contributed by atoms with E-state index < -0.39 is 10.0 Å².